The first-order chi connectivity index (χ1) is 7.47. The van der Waals surface area contributed by atoms with Gasteiger partial charge in [-0.1, -0.05) is 18.2 Å². The Morgan fingerprint density at radius 2 is 2.06 bits per heavy atom. The van der Waals surface area contributed by atoms with Gasteiger partial charge in [-0.25, -0.2) is 8.42 Å². The van der Waals surface area contributed by atoms with E-state index in [9.17, 15) is 8.42 Å². The molecule has 1 aliphatic heterocycles. The van der Waals surface area contributed by atoms with Crippen molar-refractivity contribution >= 4 is 15.7 Å². The molecule has 88 valence electrons. The Kier molecular flexibility index (Phi) is 2.90. The van der Waals surface area contributed by atoms with Crippen molar-refractivity contribution in [1.29, 1.82) is 0 Å². The molecule has 0 aromatic heterocycles. The van der Waals surface area contributed by atoms with Crippen molar-refractivity contribution in [2.75, 3.05) is 11.3 Å². The molecule has 0 saturated carbocycles. The Morgan fingerprint density at radius 3 is 2.75 bits per heavy atom. The average Bonchev–Trinajstić information content (AvgIpc) is 2.21. The Morgan fingerprint density at radius 1 is 1.38 bits per heavy atom. The first kappa shape index (κ1) is 11.4. The van der Waals surface area contributed by atoms with E-state index in [0.717, 1.165) is 18.5 Å². The summed E-state index contributed by atoms with van der Waals surface area (Å²) in [5, 5.41) is 1.74. The van der Waals surface area contributed by atoms with E-state index in [0.29, 0.717) is 0 Å². The third-order valence-corrected chi connectivity index (χ3v) is 3.32. The first-order valence-corrected chi connectivity index (χ1v) is 7.21. The normalized spacial score (nSPS) is 20.6. The fraction of sp³-hybridized carbons (Fsp3) is 0.455. The van der Waals surface area contributed by atoms with E-state index in [1.165, 1.54) is 11.8 Å². The number of sulfonamides is 1. The highest BCUT2D eigenvalue weighted by Gasteiger charge is 2.24. The van der Waals surface area contributed by atoms with Gasteiger partial charge in [0.2, 0.25) is 10.0 Å². The highest BCUT2D eigenvalue weighted by molar-refractivity contribution is 7.88. The summed E-state index contributed by atoms with van der Waals surface area (Å²) in [5.41, 5.74) is 2.16. The van der Waals surface area contributed by atoms with Gasteiger partial charge < -0.3 is 0 Å². The maximum atomic E-state index is 11.3. The fourth-order valence-electron chi connectivity index (χ4n) is 2.01. The summed E-state index contributed by atoms with van der Waals surface area (Å²) in [7, 11) is -3.22. The number of nitrogens with zero attached hydrogens (tertiary/aromatic N) is 1. The molecule has 2 rings (SSSR count). The van der Waals surface area contributed by atoms with Gasteiger partial charge in [-0.15, -0.1) is 4.83 Å². The molecular formula is C11H16N2O2S. The third-order valence-electron chi connectivity index (χ3n) is 2.79. The Balaban J connectivity index is 2.37. The minimum atomic E-state index is -3.22. The molecule has 0 amide bonds. The number of hydrogen-bond acceptors (Lipinski definition) is 3. The van der Waals surface area contributed by atoms with E-state index < -0.39 is 10.0 Å². The van der Waals surface area contributed by atoms with Crippen LogP contribution in [0.1, 0.15) is 18.9 Å². The van der Waals surface area contributed by atoms with Crippen LogP contribution in [0.15, 0.2) is 24.3 Å². The molecule has 16 heavy (non-hydrogen) atoms. The van der Waals surface area contributed by atoms with E-state index >= 15 is 0 Å². The predicted octanol–water partition coefficient (Wildman–Crippen LogP) is 1.29. The lowest BCUT2D eigenvalue weighted by atomic mass is 9.98. The number of fused-ring (bicyclic) bond motifs is 1. The molecule has 1 aromatic rings. The van der Waals surface area contributed by atoms with Crippen molar-refractivity contribution in [3.63, 3.8) is 0 Å². The second-order valence-electron chi connectivity index (χ2n) is 4.25. The second kappa shape index (κ2) is 4.07. The quantitative estimate of drug-likeness (QED) is 0.847. The zero-order valence-corrected chi connectivity index (χ0v) is 10.3. The number of aryl methyl sites for hydroxylation is 1. The van der Waals surface area contributed by atoms with Gasteiger partial charge in [0.15, 0.2) is 0 Å². The number of anilines is 1. The molecule has 1 aromatic carbocycles. The number of nitrogens with one attached hydrogen (secondary N) is 1. The summed E-state index contributed by atoms with van der Waals surface area (Å²) in [4.78, 5) is 2.57. The number of benzene rings is 1. The molecule has 1 unspecified atom stereocenters. The Bertz CT molecular complexity index is 485. The van der Waals surface area contributed by atoms with Gasteiger partial charge in [-0.05, 0) is 31.4 Å². The lowest BCUT2D eigenvalue weighted by molar-refractivity contribution is 0.526. The second-order valence-corrected chi connectivity index (χ2v) is 5.98. The molecule has 1 N–H and O–H groups in total. The van der Waals surface area contributed by atoms with Crippen LogP contribution in [0, 0.1) is 0 Å². The SMILES string of the molecule is CC1CCc2ccccc2N1NS(C)(=O)=O. The minimum absolute atomic E-state index is 0.185. The number of rotatable bonds is 2. The summed E-state index contributed by atoms with van der Waals surface area (Å²) in [5.74, 6) is 0. The van der Waals surface area contributed by atoms with Crippen molar-refractivity contribution in [2.45, 2.75) is 25.8 Å². The molecule has 1 heterocycles. The number of para-hydroxylation sites is 1. The topological polar surface area (TPSA) is 49.4 Å². The largest absolute Gasteiger partial charge is 0.292 e. The van der Waals surface area contributed by atoms with Crippen LogP contribution < -0.4 is 9.84 Å². The summed E-state index contributed by atoms with van der Waals surface area (Å²) in [6, 6.07) is 8.08. The van der Waals surface area contributed by atoms with Gasteiger partial charge in [0, 0.05) is 6.04 Å². The average molecular weight is 240 g/mol. The molecular weight excluding hydrogens is 224 g/mol. The first-order valence-electron chi connectivity index (χ1n) is 5.32. The summed E-state index contributed by atoms with van der Waals surface area (Å²) in [6.07, 6.45) is 3.13. The molecule has 1 atom stereocenters. The maximum Gasteiger partial charge on any atom is 0.225 e. The van der Waals surface area contributed by atoms with E-state index in [-0.39, 0.29) is 6.04 Å². The van der Waals surface area contributed by atoms with Crippen LogP contribution in [0.4, 0.5) is 5.69 Å². The van der Waals surface area contributed by atoms with Gasteiger partial charge in [0.05, 0.1) is 11.9 Å². The van der Waals surface area contributed by atoms with Gasteiger partial charge in [-0.3, -0.25) is 5.01 Å². The monoisotopic (exact) mass is 240 g/mol. The van der Waals surface area contributed by atoms with E-state index in [1.54, 1.807) is 5.01 Å². The molecule has 0 spiro atoms. The van der Waals surface area contributed by atoms with Crippen LogP contribution in [-0.4, -0.2) is 20.7 Å². The minimum Gasteiger partial charge on any atom is -0.292 e. The molecule has 0 bridgehead atoms. The van der Waals surface area contributed by atoms with Crippen molar-refractivity contribution in [3.8, 4) is 0 Å². The van der Waals surface area contributed by atoms with Crippen molar-refractivity contribution in [1.82, 2.24) is 4.83 Å². The molecule has 5 heteroatoms. The molecule has 0 fully saturated rings. The molecule has 0 radical (unpaired) electrons. The molecule has 0 saturated heterocycles. The molecule has 4 nitrogen and oxygen atoms in total. The zero-order valence-electron chi connectivity index (χ0n) is 9.47. The summed E-state index contributed by atoms with van der Waals surface area (Å²) in [6.45, 7) is 2.02. The van der Waals surface area contributed by atoms with Crippen LogP contribution in [0.25, 0.3) is 0 Å². The highest BCUT2D eigenvalue weighted by atomic mass is 32.2. The van der Waals surface area contributed by atoms with Gasteiger partial charge in [-0.2, -0.15) is 0 Å². The third kappa shape index (κ3) is 2.36. The van der Waals surface area contributed by atoms with Crippen molar-refractivity contribution in [3.05, 3.63) is 29.8 Å². The molecule has 0 aliphatic carbocycles. The Hall–Kier alpha value is -1.07. The summed E-state index contributed by atoms with van der Waals surface area (Å²) >= 11 is 0. The van der Waals surface area contributed by atoms with E-state index in [1.807, 2.05) is 31.2 Å². The lowest BCUT2D eigenvalue weighted by Gasteiger charge is -2.36. The van der Waals surface area contributed by atoms with E-state index in [4.69, 9.17) is 0 Å². The van der Waals surface area contributed by atoms with Gasteiger partial charge in [0.25, 0.3) is 0 Å². The van der Waals surface area contributed by atoms with Gasteiger partial charge >= 0.3 is 0 Å². The standard InChI is InChI=1S/C11H16N2O2S/c1-9-7-8-10-5-3-4-6-11(10)13(9)12-16(2,14)15/h3-6,9,12H,7-8H2,1-2H3. The zero-order chi connectivity index (χ0) is 11.8. The van der Waals surface area contributed by atoms with E-state index in [2.05, 4.69) is 4.83 Å². The highest BCUT2D eigenvalue weighted by Crippen LogP contribution is 2.28. The number of hydrogen-bond donors (Lipinski definition) is 1. The van der Waals surface area contributed by atoms with Crippen molar-refractivity contribution < 1.29 is 8.42 Å². The van der Waals surface area contributed by atoms with Crippen LogP contribution in [-0.2, 0) is 16.4 Å². The summed E-state index contributed by atoms with van der Waals surface area (Å²) < 4.78 is 22.6. The van der Waals surface area contributed by atoms with Crippen molar-refractivity contribution in [2.24, 2.45) is 0 Å². The molecule has 1 aliphatic rings. The fourth-order valence-corrected chi connectivity index (χ4v) is 2.64. The van der Waals surface area contributed by atoms with Crippen LogP contribution in [0.2, 0.25) is 0 Å². The van der Waals surface area contributed by atoms with Crippen LogP contribution in [0.3, 0.4) is 0 Å². The predicted molar refractivity (Wildman–Crippen MR) is 64.7 cm³/mol. The van der Waals surface area contributed by atoms with Gasteiger partial charge in [0.1, 0.15) is 0 Å². The smallest absolute Gasteiger partial charge is 0.225 e. The lowest BCUT2D eigenvalue weighted by Crippen LogP contribution is -2.49. The maximum absolute atomic E-state index is 11.3. The van der Waals surface area contributed by atoms with Crippen LogP contribution in [0.5, 0.6) is 0 Å². The number of hydrazine groups is 1. The Labute approximate surface area is 96.3 Å². The van der Waals surface area contributed by atoms with Crippen LogP contribution >= 0.6 is 0 Å².